The molecule has 1 rings (SSSR count). The number of amides is 1. The van der Waals surface area contributed by atoms with Crippen LogP contribution in [0.4, 0.5) is 9.18 Å². The highest BCUT2D eigenvalue weighted by Crippen LogP contribution is 2.17. The van der Waals surface area contributed by atoms with Crippen molar-refractivity contribution in [2.75, 3.05) is 6.54 Å². The SMILES string of the molecule is CCN(Cc1cc(I)ccc1F)C(=O)OC(C)(C)C. The van der Waals surface area contributed by atoms with Crippen molar-refractivity contribution in [3.05, 3.63) is 33.1 Å². The second kappa shape index (κ2) is 6.54. The van der Waals surface area contributed by atoms with Gasteiger partial charge in [-0.3, -0.25) is 0 Å². The fourth-order valence-corrected chi connectivity index (χ4v) is 2.06. The molecule has 0 aromatic heterocycles. The van der Waals surface area contributed by atoms with Crippen molar-refractivity contribution in [2.45, 2.75) is 39.8 Å². The summed E-state index contributed by atoms with van der Waals surface area (Å²) in [6.07, 6.45) is -0.423. The van der Waals surface area contributed by atoms with E-state index in [1.54, 1.807) is 12.1 Å². The van der Waals surface area contributed by atoms with Crippen LogP contribution < -0.4 is 0 Å². The summed E-state index contributed by atoms with van der Waals surface area (Å²) in [5.74, 6) is -0.303. The molecule has 0 aliphatic rings. The predicted octanol–water partition coefficient (Wildman–Crippen LogP) is 4.19. The maximum atomic E-state index is 13.7. The van der Waals surface area contributed by atoms with Crippen LogP contribution in [-0.2, 0) is 11.3 Å². The first kappa shape index (κ1) is 16.2. The molecule has 0 bridgehead atoms. The van der Waals surface area contributed by atoms with Gasteiger partial charge in [0.2, 0.25) is 0 Å². The number of carbonyl (C=O) groups excluding carboxylic acids is 1. The van der Waals surface area contributed by atoms with Crippen LogP contribution in [0, 0.1) is 9.39 Å². The molecule has 0 fully saturated rings. The molecule has 0 aliphatic carbocycles. The molecule has 3 nitrogen and oxygen atoms in total. The molecular weight excluding hydrogens is 360 g/mol. The lowest BCUT2D eigenvalue weighted by Crippen LogP contribution is -2.36. The number of rotatable bonds is 3. The van der Waals surface area contributed by atoms with E-state index in [0.717, 1.165) is 3.57 Å². The molecule has 1 aromatic carbocycles. The first-order valence-corrected chi connectivity index (χ1v) is 7.22. The van der Waals surface area contributed by atoms with Crippen LogP contribution in [0.25, 0.3) is 0 Å². The van der Waals surface area contributed by atoms with E-state index in [-0.39, 0.29) is 12.4 Å². The lowest BCUT2D eigenvalue weighted by atomic mass is 10.2. The zero-order valence-electron chi connectivity index (χ0n) is 11.7. The first-order chi connectivity index (χ1) is 8.73. The van der Waals surface area contributed by atoms with E-state index >= 15 is 0 Å². The maximum absolute atomic E-state index is 13.7. The highest BCUT2D eigenvalue weighted by Gasteiger charge is 2.22. The first-order valence-electron chi connectivity index (χ1n) is 6.15. The number of carbonyl (C=O) groups is 1. The topological polar surface area (TPSA) is 29.5 Å². The van der Waals surface area contributed by atoms with Gasteiger partial charge in [-0.2, -0.15) is 0 Å². The van der Waals surface area contributed by atoms with E-state index in [9.17, 15) is 9.18 Å². The molecule has 0 saturated carbocycles. The average Bonchev–Trinajstić information content (AvgIpc) is 2.27. The molecule has 1 aromatic rings. The van der Waals surface area contributed by atoms with Crippen LogP contribution in [0.15, 0.2) is 18.2 Å². The number of halogens is 2. The minimum absolute atomic E-state index is 0.216. The van der Waals surface area contributed by atoms with Gasteiger partial charge in [-0.15, -0.1) is 0 Å². The molecule has 0 heterocycles. The Morgan fingerprint density at radius 2 is 2.05 bits per heavy atom. The molecule has 5 heteroatoms. The van der Waals surface area contributed by atoms with Crippen LogP contribution in [0.1, 0.15) is 33.3 Å². The minimum Gasteiger partial charge on any atom is -0.444 e. The number of nitrogens with zero attached hydrogens (tertiary/aromatic N) is 1. The second-order valence-corrected chi connectivity index (χ2v) is 6.48. The van der Waals surface area contributed by atoms with Crippen molar-refractivity contribution in [1.29, 1.82) is 0 Å². The maximum Gasteiger partial charge on any atom is 0.410 e. The quantitative estimate of drug-likeness (QED) is 0.738. The molecule has 106 valence electrons. The standard InChI is InChI=1S/C14H19FINO2/c1-5-17(13(18)19-14(2,3)4)9-10-8-11(16)6-7-12(10)15/h6-8H,5,9H2,1-4H3. The van der Waals surface area contributed by atoms with Crippen molar-refractivity contribution < 1.29 is 13.9 Å². The molecular formula is C14H19FINO2. The van der Waals surface area contributed by atoms with Gasteiger partial charge in [-0.05, 0) is 68.5 Å². The molecule has 0 saturated heterocycles. The third-order valence-corrected chi connectivity index (χ3v) is 3.07. The van der Waals surface area contributed by atoms with Gasteiger partial charge in [-0.25, -0.2) is 9.18 Å². The Kier molecular flexibility index (Phi) is 5.58. The molecule has 0 N–H and O–H groups in total. The summed E-state index contributed by atoms with van der Waals surface area (Å²) >= 11 is 2.12. The second-order valence-electron chi connectivity index (χ2n) is 5.23. The highest BCUT2D eigenvalue weighted by molar-refractivity contribution is 14.1. The summed E-state index contributed by atoms with van der Waals surface area (Å²) in [5.41, 5.74) is -0.0478. The van der Waals surface area contributed by atoms with Crippen molar-refractivity contribution in [1.82, 2.24) is 4.90 Å². The van der Waals surface area contributed by atoms with Gasteiger partial charge in [0.05, 0.1) is 6.54 Å². The Labute approximate surface area is 127 Å². The molecule has 0 spiro atoms. The Morgan fingerprint density at radius 3 is 2.58 bits per heavy atom. The Balaban J connectivity index is 2.82. The number of benzene rings is 1. The van der Waals surface area contributed by atoms with Crippen molar-refractivity contribution in [2.24, 2.45) is 0 Å². The Bertz CT molecular complexity index is 457. The smallest absolute Gasteiger partial charge is 0.410 e. The predicted molar refractivity (Wildman–Crippen MR) is 81.4 cm³/mol. The average molecular weight is 379 g/mol. The van der Waals surface area contributed by atoms with Gasteiger partial charge < -0.3 is 9.64 Å². The fraction of sp³-hybridized carbons (Fsp3) is 0.500. The van der Waals surface area contributed by atoms with Crippen LogP contribution in [-0.4, -0.2) is 23.1 Å². The summed E-state index contributed by atoms with van der Waals surface area (Å²) in [6, 6.07) is 4.85. The molecule has 0 unspecified atom stereocenters. The van der Waals surface area contributed by atoms with Crippen molar-refractivity contribution in [3.63, 3.8) is 0 Å². The number of hydrogen-bond acceptors (Lipinski definition) is 2. The lowest BCUT2D eigenvalue weighted by molar-refractivity contribution is 0.0243. The molecule has 1 amide bonds. The number of hydrogen-bond donors (Lipinski definition) is 0. The van der Waals surface area contributed by atoms with Crippen molar-refractivity contribution in [3.8, 4) is 0 Å². The van der Waals surface area contributed by atoms with E-state index in [1.807, 2.05) is 27.7 Å². The molecule has 19 heavy (non-hydrogen) atoms. The van der Waals surface area contributed by atoms with E-state index in [0.29, 0.717) is 12.1 Å². The largest absolute Gasteiger partial charge is 0.444 e. The highest BCUT2D eigenvalue weighted by atomic mass is 127. The minimum atomic E-state index is -0.547. The van der Waals surface area contributed by atoms with Gasteiger partial charge in [0, 0.05) is 15.7 Å². The summed E-state index contributed by atoms with van der Waals surface area (Å²) in [4.78, 5) is 13.5. The summed E-state index contributed by atoms with van der Waals surface area (Å²) in [6.45, 7) is 7.96. The third kappa shape index (κ3) is 5.34. The Hall–Kier alpha value is -0.850. The lowest BCUT2D eigenvalue weighted by Gasteiger charge is -2.26. The summed E-state index contributed by atoms with van der Waals surface area (Å²) < 4.78 is 19.9. The van der Waals surface area contributed by atoms with Crippen LogP contribution in [0.2, 0.25) is 0 Å². The summed E-state index contributed by atoms with van der Waals surface area (Å²) in [5, 5.41) is 0. The van der Waals surface area contributed by atoms with Crippen molar-refractivity contribution >= 4 is 28.7 Å². The van der Waals surface area contributed by atoms with Crippen LogP contribution >= 0.6 is 22.6 Å². The van der Waals surface area contributed by atoms with Gasteiger partial charge in [0.1, 0.15) is 11.4 Å². The zero-order valence-corrected chi connectivity index (χ0v) is 13.8. The molecule has 0 atom stereocenters. The Morgan fingerprint density at radius 1 is 1.42 bits per heavy atom. The third-order valence-electron chi connectivity index (χ3n) is 2.40. The van der Waals surface area contributed by atoms with Gasteiger partial charge in [0.15, 0.2) is 0 Å². The zero-order chi connectivity index (χ0) is 14.6. The molecule has 0 aliphatic heterocycles. The molecule has 0 radical (unpaired) electrons. The van der Waals surface area contributed by atoms with E-state index in [1.165, 1.54) is 11.0 Å². The van der Waals surface area contributed by atoms with E-state index in [2.05, 4.69) is 22.6 Å². The van der Waals surface area contributed by atoms with Crippen LogP contribution in [0.3, 0.4) is 0 Å². The van der Waals surface area contributed by atoms with E-state index in [4.69, 9.17) is 4.74 Å². The van der Waals surface area contributed by atoms with Crippen LogP contribution in [0.5, 0.6) is 0 Å². The fourth-order valence-electron chi connectivity index (χ4n) is 1.50. The van der Waals surface area contributed by atoms with E-state index < -0.39 is 11.7 Å². The summed E-state index contributed by atoms with van der Waals surface area (Å²) in [7, 11) is 0. The number of ether oxygens (including phenoxy) is 1. The van der Waals surface area contributed by atoms with Gasteiger partial charge in [0.25, 0.3) is 0 Å². The van der Waals surface area contributed by atoms with Gasteiger partial charge in [-0.1, -0.05) is 0 Å². The monoisotopic (exact) mass is 379 g/mol. The normalized spacial score (nSPS) is 11.3. The van der Waals surface area contributed by atoms with Gasteiger partial charge >= 0.3 is 6.09 Å².